The van der Waals surface area contributed by atoms with E-state index in [1.54, 1.807) is 0 Å². The van der Waals surface area contributed by atoms with Crippen LogP contribution >= 0.6 is 0 Å². The van der Waals surface area contributed by atoms with Crippen LogP contribution < -0.4 is 10.1 Å². The van der Waals surface area contributed by atoms with Gasteiger partial charge >= 0.3 is 0 Å². The van der Waals surface area contributed by atoms with Gasteiger partial charge in [0.2, 0.25) is 0 Å². The number of benzene rings is 2. The molecule has 0 aliphatic rings. The van der Waals surface area contributed by atoms with E-state index in [9.17, 15) is 0 Å². The highest BCUT2D eigenvalue weighted by Gasteiger charge is 2.14. The lowest BCUT2D eigenvalue weighted by Crippen LogP contribution is -2.19. The van der Waals surface area contributed by atoms with Gasteiger partial charge in [-0.15, -0.1) is 0 Å². The summed E-state index contributed by atoms with van der Waals surface area (Å²) in [5.74, 6) is 0.926. The van der Waals surface area contributed by atoms with Crippen molar-refractivity contribution in [1.29, 1.82) is 0 Å². The van der Waals surface area contributed by atoms with Gasteiger partial charge in [0.1, 0.15) is 12.4 Å². The van der Waals surface area contributed by atoms with E-state index >= 15 is 0 Å². The van der Waals surface area contributed by atoms with Gasteiger partial charge in [-0.3, -0.25) is 0 Å². The zero-order chi connectivity index (χ0) is 19.0. The maximum Gasteiger partial charge on any atom is 0.124 e. The second-order valence-electron chi connectivity index (χ2n) is 7.63. The third-order valence-corrected chi connectivity index (χ3v) is 4.51. The third kappa shape index (κ3) is 6.15. The molecule has 0 radical (unpaired) electrons. The van der Waals surface area contributed by atoms with Crippen molar-refractivity contribution in [2.75, 3.05) is 19.8 Å². The Morgan fingerprint density at radius 3 is 2.31 bits per heavy atom. The standard InChI is InChI=1S/C23H33NO2/c1-6-25-15-16-26-22-10-8-7-9-21(22)18(2)24-17-19-11-13-20(14-12-19)23(3,4)5/h7-14,18,24H,6,15-17H2,1-5H3. The maximum absolute atomic E-state index is 5.90. The van der Waals surface area contributed by atoms with Gasteiger partial charge in [-0.2, -0.15) is 0 Å². The van der Waals surface area contributed by atoms with Crippen LogP contribution in [-0.2, 0) is 16.7 Å². The molecule has 0 fully saturated rings. The van der Waals surface area contributed by atoms with Gasteiger partial charge in [-0.25, -0.2) is 0 Å². The number of ether oxygens (including phenoxy) is 2. The first kappa shape index (κ1) is 20.5. The quantitative estimate of drug-likeness (QED) is 0.623. The van der Waals surface area contributed by atoms with Crippen molar-refractivity contribution < 1.29 is 9.47 Å². The first-order chi connectivity index (χ1) is 12.4. The van der Waals surface area contributed by atoms with Crippen LogP contribution in [0.2, 0.25) is 0 Å². The molecule has 0 aliphatic heterocycles. The highest BCUT2D eigenvalue weighted by atomic mass is 16.5. The van der Waals surface area contributed by atoms with Gasteiger partial charge in [0, 0.05) is 24.8 Å². The van der Waals surface area contributed by atoms with Crippen LogP contribution in [0.4, 0.5) is 0 Å². The van der Waals surface area contributed by atoms with Crippen LogP contribution in [0, 0.1) is 0 Å². The summed E-state index contributed by atoms with van der Waals surface area (Å²) in [6.07, 6.45) is 0. The Balaban J connectivity index is 1.94. The smallest absolute Gasteiger partial charge is 0.124 e. The van der Waals surface area contributed by atoms with Crippen molar-refractivity contribution in [3.05, 3.63) is 65.2 Å². The molecule has 0 aromatic heterocycles. The van der Waals surface area contributed by atoms with E-state index in [0.29, 0.717) is 13.2 Å². The molecule has 2 aromatic rings. The molecule has 0 saturated heterocycles. The largest absolute Gasteiger partial charge is 0.491 e. The predicted octanol–water partition coefficient (Wildman–Crippen LogP) is 5.25. The molecule has 1 atom stereocenters. The molecule has 0 bridgehead atoms. The molecule has 0 saturated carbocycles. The van der Waals surface area contributed by atoms with E-state index in [1.165, 1.54) is 16.7 Å². The summed E-state index contributed by atoms with van der Waals surface area (Å²) >= 11 is 0. The van der Waals surface area contributed by atoms with Crippen LogP contribution in [0.3, 0.4) is 0 Å². The zero-order valence-corrected chi connectivity index (χ0v) is 16.8. The van der Waals surface area contributed by atoms with Crippen molar-refractivity contribution in [2.24, 2.45) is 0 Å². The fourth-order valence-corrected chi connectivity index (χ4v) is 2.83. The Labute approximate surface area is 158 Å². The number of hydrogen-bond acceptors (Lipinski definition) is 3. The van der Waals surface area contributed by atoms with Gasteiger partial charge in [0.05, 0.1) is 6.61 Å². The number of para-hydroxylation sites is 1. The van der Waals surface area contributed by atoms with Crippen LogP contribution in [0.15, 0.2) is 48.5 Å². The molecule has 3 nitrogen and oxygen atoms in total. The second kappa shape index (κ2) is 9.75. The lowest BCUT2D eigenvalue weighted by Gasteiger charge is -2.20. The highest BCUT2D eigenvalue weighted by Crippen LogP contribution is 2.26. The second-order valence-corrected chi connectivity index (χ2v) is 7.63. The van der Waals surface area contributed by atoms with Crippen molar-refractivity contribution in [2.45, 2.75) is 52.6 Å². The topological polar surface area (TPSA) is 30.5 Å². The Morgan fingerprint density at radius 1 is 0.962 bits per heavy atom. The Kier molecular flexibility index (Phi) is 7.67. The Bertz CT molecular complexity index is 659. The summed E-state index contributed by atoms with van der Waals surface area (Å²) in [7, 11) is 0. The molecule has 2 aromatic carbocycles. The fraction of sp³-hybridized carbons (Fsp3) is 0.478. The molecule has 0 spiro atoms. The SMILES string of the molecule is CCOCCOc1ccccc1C(C)NCc1ccc(C(C)(C)C)cc1. The summed E-state index contributed by atoms with van der Waals surface area (Å²) in [5, 5.41) is 3.60. The number of rotatable bonds is 9. The summed E-state index contributed by atoms with van der Waals surface area (Å²) in [6, 6.07) is 17.3. The van der Waals surface area contributed by atoms with Crippen LogP contribution in [0.25, 0.3) is 0 Å². The van der Waals surface area contributed by atoms with Crippen molar-refractivity contribution in [3.63, 3.8) is 0 Å². The van der Waals surface area contributed by atoms with E-state index in [2.05, 4.69) is 69.4 Å². The van der Waals surface area contributed by atoms with Gasteiger partial charge in [-0.1, -0.05) is 63.2 Å². The molecule has 1 unspecified atom stereocenters. The molecule has 0 heterocycles. The van der Waals surface area contributed by atoms with Gasteiger partial charge in [0.15, 0.2) is 0 Å². The first-order valence-electron chi connectivity index (χ1n) is 9.54. The van der Waals surface area contributed by atoms with Crippen LogP contribution in [0.5, 0.6) is 5.75 Å². The van der Waals surface area contributed by atoms with Crippen molar-refractivity contribution >= 4 is 0 Å². The van der Waals surface area contributed by atoms with Crippen LogP contribution in [-0.4, -0.2) is 19.8 Å². The monoisotopic (exact) mass is 355 g/mol. The van der Waals surface area contributed by atoms with Gasteiger partial charge in [0.25, 0.3) is 0 Å². The molecule has 0 aliphatic carbocycles. The van der Waals surface area contributed by atoms with Gasteiger partial charge in [-0.05, 0) is 36.5 Å². The summed E-state index contributed by atoms with van der Waals surface area (Å²) in [6.45, 7) is 13.6. The lowest BCUT2D eigenvalue weighted by atomic mass is 9.87. The molecule has 2 rings (SSSR count). The Hall–Kier alpha value is -1.84. The maximum atomic E-state index is 5.90. The first-order valence-corrected chi connectivity index (χ1v) is 9.54. The zero-order valence-electron chi connectivity index (χ0n) is 16.8. The van der Waals surface area contributed by atoms with E-state index in [4.69, 9.17) is 9.47 Å². The molecule has 3 heteroatoms. The molecular formula is C23H33NO2. The van der Waals surface area contributed by atoms with Crippen molar-refractivity contribution in [3.8, 4) is 5.75 Å². The minimum absolute atomic E-state index is 0.191. The average Bonchev–Trinajstić information content (AvgIpc) is 2.63. The lowest BCUT2D eigenvalue weighted by molar-refractivity contribution is 0.109. The summed E-state index contributed by atoms with van der Waals surface area (Å²) in [5.41, 5.74) is 4.02. The third-order valence-electron chi connectivity index (χ3n) is 4.51. The van der Waals surface area contributed by atoms with E-state index in [-0.39, 0.29) is 11.5 Å². The van der Waals surface area contributed by atoms with Crippen LogP contribution in [0.1, 0.15) is 57.4 Å². The molecular weight excluding hydrogens is 322 g/mol. The average molecular weight is 356 g/mol. The molecule has 0 amide bonds. The Morgan fingerprint density at radius 2 is 1.65 bits per heavy atom. The molecule has 26 heavy (non-hydrogen) atoms. The number of nitrogens with one attached hydrogen (secondary N) is 1. The van der Waals surface area contributed by atoms with E-state index < -0.39 is 0 Å². The summed E-state index contributed by atoms with van der Waals surface area (Å²) < 4.78 is 11.3. The molecule has 142 valence electrons. The van der Waals surface area contributed by atoms with E-state index in [0.717, 1.165) is 18.9 Å². The highest BCUT2D eigenvalue weighted by molar-refractivity contribution is 5.36. The number of hydrogen-bond donors (Lipinski definition) is 1. The summed E-state index contributed by atoms with van der Waals surface area (Å²) in [4.78, 5) is 0. The van der Waals surface area contributed by atoms with E-state index in [1.807, 2.05) is 19.1 Å². The van der Waals surface area contributed by atoms with Crippen molar-refractivity contribution in [1.82, 2.24) is 5.32 Å². The minimum Gasteiger partial charge on any atom is -0.491 e. The predicted molar refractivity (Wildman–Crippen MR) is 109 cm³/mol. The van der Waals surface area contributed by atoms with Gasteiger partial charge < -0.3 is 14.8 Å². The normalized spacial score (nSPS) is 12.8. The fourth-order valence-electron chi connectivity index (χ4n) is 2.83. The molecule has 1 N–H and O–H groups in total. The minimum atomic E-state index is 0.191.